The highest BCUT2D eigenvalue weighted by molar-refractivity contribution is 9.10. The molecule has 0 fully saturated rings. The van der Waals surface area contributed by atoms with E-state index >= 15 is 0 Å². The van der Waals surface area contributed by atoms with Crippen molar-refractivity contribution in [3.05, 3.63) is 69.8 Å². The maximum Gasteiger partial charge on any atom is 0.250 e. The molecule has 1 aliphatic carbocycles. The Labute approximate surface area is 153 Å². The summed E-state index contributed by atoms with van der Waals surface area (Å²) in [5, 5.41) is 8.54. The number of fused-ring (bicyclic) bond motifs is 3. The van der Waals surface area contributed by atoms with Gasteiger partial charge in [0.2, 0.25) is 11.8 Å². The van der Waals surface area contributed by atoms with Gasteiger partial charge in [0.1, 0.15) is 0 Å². The van der Waals surface area contributed by atoms with Crippen LogP contribution in [0.4, 0.5) is 0 Å². The summed E-state index contributed by atoms with van der Waals surface area (Å²) in [6, 6.07) is 16.2. The van der Waals surface area contributed by atoms with Crippen molar-refractivity contribution in [1.82, 2.24) is 15.2 Å². The van der Waals surface area contributed by atoms with Gasteiger partial charge in [-0.1, -0.05) is 40.2 Å². The molecule has 0 unspecified atom stereocenters. The van der Waals surface area contributed by atoms with Crippen molar-refractivity contribution in [2.24, 2.45) is 0 Å². The summed E-state index contributed by atoms with van der Waals surface area (Å²) >= 11 is 3.55. The normalized spacial score (nSPS) is 12.2. The average molecular weight is 392 g/mol. The van der Waals surface area contributed by atoms with E-state index in [9.17, 15) is 0 Å². The SMILES string of the molecule is Cc1[nH]c2c(c1-c1nnc(-c3ccccc3)o1)Cc1cc(Br)ccc1-2. The molecule has 0 atom stereocenters. The molecule has 0 radical (unpaired) electrons. The largest absolute Gasteiger partial charge is 0.416 e. The zero-order chi connectivity index (χ0) is 17.0. The lowest BCUT2D eigenvalue weighted by Gasteiger charge is -2.01. The molecule has 0 saturated carbocycles. The minimum Gasteiger partial charge on any atom is -0.416 e. The number of benzene rings is 2. The molecule has 0 bridgehead atoms. The molecule has 2 aromatic carbocycles. The fraction of sp³-hybridized carbons (Fsp3) is 0.100. The summed E-state index contributed by atoms with van der Waals surface area (Å²) in [4.78, 5) is 3.51. The second-order valence-electron chi connectivity index (χ2n) is 6.24. The topological polar surface area (TPSA) is 54.7 Å². The molecule has 5 rings (SSSR count). The summed E-state index contributed by atoms with van der Waals surface area (Å²) in [6.07, 6.45) is 0.868. The minimum atomic E-state index is 0.545. The van der Waals surface area contributed by atoms with Gasteiger partial charge in [0.05, 0.1) is 11.3 Å². The number of aromatic nitrogens is 3. The monoisotopic (exact) mass is 391 g/mol. The Morgan fingerprint density at radius 1 is 1.04 bits per heavy atom. The lowest BCUT2D eigenvalue weighted by Crippen LogP contribution is -1.87. The first-order chi connectivity index (χ1) is 12.2. The molecule has 25 heavy (non-hydrogen) atoms. The predicted molar refractivity (Wildman–Crippen MR) is 100 cm³/mol. The fourth-order valence-corrected chi connectivity index (χ4v) is 3.95. The molecule has 2 aromatic heterocycles. The quantitative estimate of drug-likeness (QED) is 0.439. The summed E-state index contributed by atoms with van der Waals surface area (Å²) in [6.45, 7) is 2.05. The van der Waals surface area contributed by atoms with Crippen LogP contribution in [-0.2, 0) is 6.42 Å². The number of nitrogens with zero attached hydrogens (tertiary/aromatic N) is 2. The Kier molecular flexibility index (Phi) is 3.18. The Morgan fingerprint density at radius 3 is 2.68 bits per heavy atom. The van der Waals surface area contributed by atoms with Gasteiger partial charge in [-0.25, -0.2) is 0 Å². The van der Waals surface area contributed by atoms with E-state index in [1.54, 1.807) is 0 Å². The molecule has 5 heteroatoms. The minimum absolute atomic E-state index is 0.545. The zero-order valence-corrected chi connectivity index (χ0v) is 15.1. The van der Waals surface area contributed by atoms with Gasteiger partial charge in [0.25, 0.3) is 0 Å². The first-order valence-electron chi connectivity index (χ1n) is 8.10. The van der Waals surface area contributed by atoms with Gasteiger partial charge in [-0.15, -0.1) is 10.2 Å². The van der Waals surface area contributed by atoms with Crippen LogP contribution in [0.3, 0.4) is 0 Å². The Hall–Kier alpha value is -2.66. The maximum atomic E-state index is 5.99. The second kappa shape index (κ2) is 5.43. The molecular weight excluding hydrogens is 378 g/mol. The third-order valence-corrected chi connectivity index (χ3v) is 5.15. The third kappa shape index (κ3) is 2.27. The molecule has 2 heterocycles. The van der Waals surface area contributed by atoms with Crippen LogP contribution in [0, 0.1) is 6.92 Å². The van der Waals surface area contributed by atoms with Crippen molar-refractivity contribution in [2.45, 2.75) is 13.3 Å². The lowest BCUT2D eigenvalue weighted by molar-refractivity contribution is 0.583. The van der Waals surface area contributed by atoms with E-state index in [-0.39, 0.29) is 0 Å². The van der Waals surface area contributed by atoms with Gasteiger partial charge < -0.3 is 9.40 Å². The predicted octanol–water partition coefficient (Wildman–Crippen LogP) is 5.37. The van der Waals surface area contributed by atoms with Gasteiger partial charge in [-0.05, 0) is 42.3 Å². The molecule has 0 aliphatic heterocycles. The van der Waals surface area contributed by atoms with Crippen LogP contribution in [0.25, 0.3) is 34.2 Å². The van der Waals surface area contributed by atoms with Gasteiger partial charge in [-0.2, -0.15) is 0 Å². The van der Waals surface area contributed by atoms with Crippen molar-refractivity contribution in [2.75, 3.05) is 0 Å². The Bertz CT molecular complexity index is 1100. The number of aromatic amines is 1. The second-order valence-corrected chi connectivity index (χ2v) is 7.15. The van der Waals surface area contributed by atoms with E-state index in [2.05, 4.69) is 56.2 Å². The number of nitrogens with one attached hydrogen (secondary N) is 1. The highest BCUT2D eigenvalue weighted by Crippen LogP contribution is 2.43. The van der Waals surface area contributed by atoms with Gasteiger partial charge in [0.15, 0.2) is 0 Å². The van der Waals surface area contributed by atoms with Crippen LogP contribution in [0.1, 0.15) is 16.8 Å². The molecule has 0 spiro atoms. The fourth-order valence-electron chi connectivity index (χ4n) is 3.54. The number of aryl methyl sites for hydroxylation is 1. The van der Waals surface area contributed by atoms with E-state index in [1.165, 1.54) is 16.7 Å². The van der Waals surface area contributed by atoms with Crippen LogP contribution in [0.2, 0.25) is 0 Å². The van der Waals surface area contributed by atoms with Crippen molar-refractivity contribution in [1.29, 1.82) is 0 Å². The van der Waals surface area contributed by atoms with E-state index < -0.39 is 0 Å². The van der Waals surface area contributed by atoms with Gasteiger partial charge >= 0.3 is 0 Å². The molecule has 0 amide bonds. The van der Waals surface area contributed by atoms with Gasteiger partial charge in [-0.3, -0.25) is 0 Å². The highest BCUT2D eigenvalue weighted by Gasteiger charge is 2.28. The van der Waals surface area contributed by atoms with Crippen LogP contribution in [-0.4, -0.2) is 15.2 Å². The summed E-state index contributed by atoms with van der Waals surface area (Å²) in [7, 11) is 0. The summed E-state index contributed by atoms with van der Waals surface area (Å²) < 4.78 is 7.09. The molecule has 0 saturated heterocycles. The van der Waals surface area contributed by atoms with Crippen molar-refractivity contribution >= 4 is 15.9 Å². The summed E-state index contributed by atoms with van der Waals surface area (Å²) in [5.74, 6) is 1.11. The van der Waals surface area contributed by atoms with Crippen LogP contribution < -0.4 is 0 Å². The van der Waals surface area contributed by atoms with E-state index in [0.29, 0.717) is 11.8 Å². The number of halogens is 1. The van der Waals surface area contributed by atoms with Crippen molar-refractivity contribution < 1.29 is 4.42 Å². The number of rotatable bonds is 2. The first kappa shape index (κ1) is 14.7. The van der Waals surface area contributed by atoms with Crippen molar-refractivity contribution in [3.63, 3.8) is 0 Å². The maximum absolute atomic E-state index is 5.99. The van der Waals surface area contributed by atoms with E-state index in [4.69, 9.17) is 4.42 Å². The van der Waals surface area contributed by atoms with Crippen LogP contribution in [0.15, 0.2) is 57.4 Å². The molecule has 1 N–H and O–H groups in total. The first-order valence-corrected chi connectivity index (χ1v) is 8.89. The third-order valence-electron chi connectivity index (χ3n) is 4.65. The smallest absolute Gasteiger partial charge is 0.250 e. The standard InChI is InChI=1S/C20H14BrN3O/c1-11-17(20-24-23-19(25-20)12-5-3-2-4-6-12)16-10-13-9-14(21)7-8-15(13)18(16)22-11/h2-9,22H,10H2,1H3. The molecule has 4 nitrogen and oxygen atoms in total. The Morgan fingerprint density at radius 2 is 1.84 bits per heavy atom. The number of hydrogen-bond acceptors (Lipinski definition) is 3. The number of H-pyrrole nitrogens is 1. The Balaban J connectivity index is 1.61. The molecular formula is C20H14BrN3O. The zero-order valence-electron chi connectivity index (χ0n) is 13.5. The van der Waals surface area contributed by atoms with Crippen LogP contribution >= 0.6 is 15.9 Å². The molecule has 1 aliphatic rings. The molecule has 122 valence electrons. The lowest BCUT2D eigenvalue weighted by atomic mass is 10.1. The average Bonchev–Trinajstić information content (AvgIpc) is 3.29. The molecule has 4 aromatic rings. The van der Waals surface area contributed by atoms with E-state index in [0.717, 1.165) is 33.4 Å². The van der Waals surface area contributed by atoms with Crippen LogP contribution in [0.5, 0.6) is 0 Å². The van der Waals surface area contributed by atoms with Gasteiger partial charge in [0, 0.05) is 27.7 Å². The summed E-state index contributed by atoms with van der Waals surface area (Å²) in [5.41, 5.74) is 7.95. The number of hydrogen-bond donors (Lipinski definition) is 1. The highest BCUT2D eigenvalue weighted by atomic mass is 79.9. The van der Waals surface area contributed by atoms with E-state index in [1.807, 2.05) is 30.3 Å². The van der Waals surface area contributed by atoms with Crippen molar-refractivity contribution in [3.8, 4) is 34.2 Å².